The lowest BCUT2D eigenvalue weighted by atomic mass is 9.77. The van der Waals surface area contributed by atoms with Crippen molar-refractivity contribution in [3.63, 3.8) is 0 Å². The van der Waals surface area contributed by atoms with Crippen LogP contribution in [0.25, 0.3) is 22.3 Å². The number of benzene rings is 8. The predicted molar refractivity (Wildman–Crippen MR) is 472 cm³/mol. The van der Waals surface area contributed by atoms with Gasteiger partial charge in [-0.05, 0) is 267 Å². The average molecular weight is 1690 g/mol. The molecular weight excluding hydrogens is 1560 g/mol. The molecule has 0 amide bonds. The van der Waals surface area contributed by atoms with E-state index in [0.717, 1.165) is 115 Å². The van der Waals surface area contributed by atoms with Crippen LogP contribution in [-0.2, 0) is 22.3 Å². The summed E-state index contributed by atoms with van der Waals surface area (Å²) in [4.78, 5) is 0. The van der Waals surface area contributed by atoms with Crippen molar-refractivity contribution in [3.8, 4) is 56.8 Å². The molecule has 2 aliphatic carbocycles. The van der Waals surface area contributed by atoms with Gasteiger partial charge in [0.2, 0.25) is 0 Å². The quantitative estimate of drug-likeness (QED) is 0.0279. The summed E-state index contributed by atoms with van der Waals surface area (Å²) in [6, 6.07) is 52.6. The van der Waals surface area contributed by atoms with Gasteiger partial charge in [-0.15, -0.1) is 0 Å². The minimum absolute atomic E-state index is 0.0462. The highest BCUT2D eigenvalue weighted by molar-refractivity contribution is 5.66. The van der Waals surface area contributed by atoms with Gasteiger partial charge in [0.1, 0.15) is 62.8 Å². The molecule has 2 saturated carbocycles. The van der Waals surface area contributed by atoms with Crippen molar-refractivity contribution in [1.29, 1.82) is 0 Å². The topological polar surface area (TPSA) is 73.8 Å². The first kappa shape index (κ1) is 99.9. The number of hydrogen-bond acceptors (Lipinski definition) is 8. The normalized spacial score (nSPS) is 18.6. The zero-order chi connectivity index (χ0) is 86.6. The molecule has 2 heterocycles. The number of ether oxygens (including phenoxy) is 8. The van der Waals surface area contributed by atoms with Gasteiger partial charge in [0.15, 0.2) is 34.8 Å². The van der Waals surface area contributed by atoms with Crippen molar-refractivity contribution >= 4 is 0 Å². The summed E-state index contributed by atoms with van der Waals surface area (Å²) < 4.78 is 171. The molecule has 0 N–H and O–H groups in total. The Labute approximate surface area is 716 Å². The zero-order valence-electron chi connectivity index (χ0n) is 72.8. The smallest absolute Gasteiger partial charge is 0.190 e. The lowest BCUT2D eigenvalue weighted by Crippen LogP contribution is -2.20. The van der Waals surface area contributed by atoms with E-state index < -0.39 is 61.5 Å². The fourth-order valence-corrected chi connectivity index (χ4v) is 16.2. The average Bonchev–Trinajstić information content (AvgIpc) is 0.816. The molecule has 121 heavy (non-hydrogen) atoms. The standard InChI is InChI=1S/C18H19F3O.C18H27FO.C17H17F3O.C17H25FO2.C17H25FO.C16H23FO2/c1-2-4-13-5-7-14(8-6-13)15-11-16(20)18(17(21)12-15)22-10-3-9-19;1-2-4-15-5-7-16(8-6-15)17-9-11-18(12-10-17)20-14-3-13-19;1-2-3-12-4-6-13(7-5-12)14-10-15(19)17(16(20)11-14)21-9-8-18;1-2-4-14-5-10-17(20-13-14)15-6-8-16(9-7-15)19-12-3-11-18;1-2-3-14-4-6-15(7-5-14)16-8-10-17(11-9-16)19-13-12-18;1-2-3-13-4-9-16(19-12-13)14-5-7-15(8-6-14)18-11-10-17/h5-8,11-12H,2-4,9-10H2,1H3;9-12,15-16H,2-8,13-14H2,1H3;4-7,10-11H,2-3,8-9H2,1H3;6-9,14,17H,2-5,10-13H2,1H3;8-11,14-15H,2-7,12-13H2,1H3;5-8,13,16H,2-4,9-12H2,1H3. The van der Waals surface area contributed by atoms with E-state index in [1.807, 2.05) is 109 Å². The second kappa shape index (κ2) is 58.8. The molecule has 8 aromatic rings. The summed E-state index contributed by atoms with van der Waals surface area (Å²) in [6.07, 6.45) is 31.4. The zero-order valence-corrected chi connectivity index (χ0v) is 72.8. The van der Waals surface area contributed by atoms with Gasteiger partial charge in [-0.2, -0.15) is 0 Å². The highest BCUT2D eigenvalue weighted by Gasteiger charge is 2.27. The Morgan fingerprint density at radius 2 is 0.545 bits per heavy atom. The lowest BCUT2D eigenvalue weighted by Gasteiger charge is -2.29. The lowest BCUT2D eigenvalue weighted by molar-refractivity contribution is -0.0195. The number of halogens is 10. The molecule has 12 rings (SSSR count). The summed E-state index contributed by atoms with van der Waals surface area (Å²) in [6.45, 7) is 12.9. The minimum Gasteiger partial charge on any atom is -0.494 e. The van der Waals surface area contributed by atoms with Gasteiger partial charge in [-0.3, -0.25) is 13.2 Å². The number of aryl methyl sites for hydroxylation is 2. The van der Waals surface area contributed by atoms with Crippen LogP contribution < -0.4 is 28.4 Å². The first-order valence-electron chi connectivity index (χ1n) is 45.1. The highest BCUT2D eigenvalue weighted by Crippen LogP contribution is 2.41. The van der Waals surface area contributed by atoms with E-state index in [1.165, 1.54) is 173 Å². The monoisotopic (exact) mass is 1690 g/mol. The Balaban J connectivity index is 0.000000200. The molecule has 4 unspecified atom stereocenters. The van der Waals surface area contributed by atoms with Crippen LogP contribution in [0.3, 0.4) is 0 Å². The molecule has 8 nitrogen and oxygen atoms in total. The molecule has 0 aromatic heterocycles. The summed E-state index contributed by atoms with van der Waals surface area (Å²) in [7, 11) is 0. The van der Waals surface area contributed by atoms with Gasteiger partial charge in [0.05, 0.1) is 65.3 Å². The Morgan fingerprint density at radius 3 is 0.826 bits per heavy atom. The Hall–Kier alpha value is -8.22. The summed E-state index contributed by atoms with van der Waals surface area (Å²) in [5, 5.41) is 0. The van der Waals surface area contributed by atoms with E-state index in [-0.39, 0.29) is 58.4 Å². The van der Waals surface area contributed by atoms with Gasteiger partial charge < -0.3 is 37.9 Å². The largest absolute Gasteiger partial charge is 0.494 e. The third kappa shape index (κ3) is 36.2. The molecule has 0 spiro atoms. The van der Waals surface area contributed by atoms with Gasteiger partial charge in [-0.1, -0.05) is 190 Å². The Kier molecular flexibility index (Phi) is 48.5. The van der Waals surface area contributed by atoms with Crippen molar-refractivity contribution in [2.24, 2.45) is 23.7 Å². The molecule has 2 aliphatic heterocycles. The van der Waals surface area contributed by atoms with E-state index >= 15 is 0 Å². The second-order valence-corrected chi connectivity index (χ2v) is 32.1. The van der Waals surface area contributed by atoms with E-state index in [9.17, 15) is 43.9 Å². The molecule has 8 aromatic carbocycles. The van der Waals surface area contributed by atoms with Crippen molar-refractivity contribution in [1.82, 2.24) is 0 Å². The van der Waals surface area contributed by atoms with E-state index in [0.29, 0.717) is 43.1 Å². The Morgan fingerprint density at radius 1 is 0.273 bits per heavy atom. The maximum Gasteiger partial charge on any atom is 0.190 e. The van der Waals surface area contributed by atoms with Crippen LogP contribution in [0.1, 0.15) is 259 Å². The van der Waals surface area contributed by atoms with Crippen LogP contribution in [-0.4, -0.2) is 92.9 Å². The Bertz CT molecular complexity index is 3780. The number of hydrogen-bond donors (Lipinski definition) is 0. The molecular formula is C103H136F10O8. The maximum absolute atomic E-state index is 14.0. The van der Waals surface area contributed by atoms with Crippen LogP contribution >= 0.6 is 0 Å². The third-order valence-electron chi connectivity index (χ3n) is 22.7. The SMILES string of the molecule is CCCC1CCC(c2ccc(OCCCF)cc2)CC1.CCCC1CCC(c2ccc(OCCCF)cc2)OC1.CCCC1CCC(c2ccc(OCCF)cc2)CC1.CCCC1CCC(c2ccc(OCCF)cc2)OC1.CCCc1ccc(-c2cc(F)c(OCCCF)c(F)c2)cc1.CCCc1ccc(-c2cc(F)c(OCCF)c(F)c2)cc1. The molecule has 18 heteroatoms. The fraction of sp³-hybridized carbons (Fsp3) is 0.534. The minimum atomic E-state index is -0.823. The summed E-state index contributed by atoms with van der Waals surface area (Å²) in [5.41, 5.74) is 10.0. The predicted octanol–water partition coefficient (Wildman–Crippen LogP) is 29.9. The molecule has 4 fully saturated rings. The molecule has 2 saturated heterocycles. The molecule has 666 valence electrons. The highest BCUT2D eigenvalue weighted by atomic mass is 19.2. The van der Waals surface area contributed by atoms with Crippen LogP contribution in [0.5, 0.6) is 34.5 Å². The number of alkyl halides is 6. The molecule has 4 aliphatic rings. The summed E-state index contributed by atoms with van der Waals surface area (Å²) in [5.74, 6) is 3.82. The maximum atomic E-state index is 14.0. The van der Waals surface area contributed by atoms with Gasteiger partial charge in [0.25, 0.3) is 0 Å². The van der Waals surface area contributed by atoms with Gasteiger partial charge in [0, 0.05) is 19.3 Å². The van der Waals surface area contributed by atoms with E-state index in [1.54, 1.807) is 0 Å². The van der Waals surface area contributed by atoms with Crippen molar-refractivity contribution < 1.29 is 81.8 Å². The molecule has 4 atom stereocenters. The molecule has 0 bridgehead atoms. The first-order valence-corrected chi connectivity index (χ1v) is 45.1. The van der Waals surface area contributed by atoms with E-state index in [4.69, 9.17) is 37.9 Å². The van der Waals surface area contributed by atoms with Crippen LogP contribution in [0.2, 0.25) is 0 Å². The third-order valence-corrected chi connectivity index (χ3v) is 22.7. The van der Waals surface area contributed by atoms with Crippen LogP contribution in [0, 0.1) is 46.9 Å². The van der Waals surface area contributed by atoms with Crippen LogP contribution in [0.15, 0.2) is 170 Å². The first-order chi connectivity index (χ1) is 59.1. The van der Waals surface area contributed by atoms with Crippen molar-refractivity contribution in [2.45, 2.75) is 239 Å². The molecule has 0 radical (unpaired) electrons. The van der Waals surface area contributed by atoms with Crippen LogP contribution in [0.4, 0.5) is 43.9 Å². The second-order valence-electron chi connectivity index (χ2n) is 32.1. The van der Waals surface area contributed by atoms with Gasteiger partial charge in [-0.25, -0.2) is 30.7 Å². The van der Waals surface area contributed by atoms with E-state index in [2.05, 4.69) is 77.9 Å². The van der Waals surface area contributed by atoms with Crippen molar-refractivity contribution in [3.05, 3.63) is 227 Å². The van der Waals surface area contributed by atoms with Gasteiger partial charge >= 0.3 is 0 Å². The van der Waals surface area contributed by atoms with Crippen molar-refractivity contribution in [2.75, 3.05) is 92.9 Å². The summed E-state index contributed by atoms with van der Waals surface area (Å²) >= 11 is 0. The fourth-order valence-electron chi connectivity index (χ4n) is 16.2. The number of rotatable bonds is 39.